The molecule has 108 valence electrons. The van der Waals surface area contributed by atoms with Crippen molar-refractivity contribution in [1.82, 2.24) is 20.3 Å². The fourth-order valence-electron chi connectivity index (χ4n) is 2.07. The Kier molecular flexibility index (Phi) is 5.47. The molecule has 0 aliphatic rings. The standard InChI is InChI=1S/C13H24N4O2/c1-5-13(6-2,12(18)19)9-14-8-11-10(4)15-17(7-3)16-11/h14H,5-9H2,1-4H3,(H,18,19). The molecule has 0 aliphatic heterocycles. The number of nitrogens with one attached hydrogen (secondary N) is 1. The van der Waals surface area contributed by atoms with Gasteiger partial charge in [-0.15, -0.1) is 0 Å². The van der Waals surface area contributed by atoms with Crippen molar-refractivity contribution in [2.24, 2.45) is 5.41 Å². The topological polar surface area (TPSA) is 80.0 Å². The Morgan fingerprint density at radius 2 is 1.95 bits per heavy atom. The maximum absolute atomic E-state index is 11.4. The van der Waals surface area contributed by atoms with E-state index in [2.05, 4.69) is 15.5 Å². The van der Waals surface area contributed by atoms with Gasteiger partial charge >= 0.3 is 5.97 Å². The lowest BCUT2D eigenvalue weighted by molar-refractivity contribution is -0.149. The second-order valence-electron chi connectivity index (χ2n) is 4.82. The summed E-state index contributed by atoms with van der Waals surface area (Å²) in [5.74, 6) is -0.737. The van der Waals surface area contributed by atoms with Crippen LogP contribution in [0.1, 0.15) is 45.0 Å². The number of nitrogens with zero attached hydrogens (tertiary/aromatic N) is 3. The van der Waals surface area contributed by atoms with Crippen LogP contribution in [0.15, 0.2) is 0 Å². The zero-order valence-electron chi connectivity index (χ0n) is 12.2. The minimum absolute atomic E-state index is 0.452. The molecule has 0 spiro atoms. The van der Waals surface area contributed by atoms with Gasteiger partial charge < -0.3 is 10.4 Å². The normalized spacial score (nSPS) is 11.8. The van der Waals surface area contributed by atoms with E-state index in [-0.39, 0.29) is 0 Å². The zero-order chi connectivity index (χ0) is 14.5. The van der Waals surface area contributed by atoms with Gasteiger partial charge in [0, 0.05) is 13.1 Å². The largest absolute Gasteiger partial charge is 0.481 e. The van der Waals surface area contributed by atoms with Gasteiger partial charge in [0.25, 0.3) is 0 Å². The summed E-state index contributed by atoms with van der Waals surface area (Å²) in [5, 5.41) is 21.2. The molecule has 1 aromatic rings. The van der Waals surface area contributed by atoms with Crippen LogP contribution in [0.4, 0.5) is 0 Å². The van der Waals surface area contributed by atoms with Gasteiger partial charge in [-0.2, -0.15) is 15.0 Å². The number of rotatable bonds is 8. The van der Waals surface area contributed by atoms with Crippen molar-refractivity contribution in [2.75, 3.05) is 6.54 Å². The van der Waals surface area contributed by atoms with Gasteiger partial charge in [-0.3, -0.25) is 4.79 Å². The molecule has 0 saturated heterocycles. The van der Waals surface area contributed by atoms with E-state index in [1.807, 2.05) is 27.7 Å². The first-order valence-corrected chi connectivity index (χ1v) is 6.83. The second-order valence-corrected chi connectivity index (χ2v) is 4.82. The summed E-state index contributed by atoms with van der Waals surface area (Å²) in [7, 11) is 0. The van der Waals surface area contributed by atoms with Crippen molar-refractivity contribution < 1.29 is 9.90 Å². The fraction of sp³-hybridized carbons (Fsp3) is 0.769. The average Bonchev–Trinajstić information content (AvgIpc) is 2.75. The molecular formula is C13H24N4O2. The average molecular weight is 268 g/mol. The van der Waals surface area contributed by atoms with Crippen LogP contribution in [0.5, 0.6) is 0 Å². The van der Waals surface area contributed by atoms with Crippen LogP contribution in [0.2, 0.25) is 0 Å². The van der Waals surface area contributed by atoms with Gasteiger partial charge in [0.15, 0.2) is 0 Å². The lowest BCUT2D eigenvalue weighted by Gasteiger charge is -2.26. The van der Waals surface area contributed by atoms with Crippen molar-refractivity contribution in [3.05, 3.63) is 11.4 Å². The first kappa shape index (κ1) is 15.6. The van der Waals surface area contributed by atoms with Crippen LogP contribution in [0.3, 0.4) is 0 Å². The van der Waals surface area contributed by atoms with E-state index >= 15 is 0 Å². The summed E-state index contributed by atoms with van der Waals surface area (Å²) in [5.41, 5.74) is 1.09. The molecule has 0 amide bonds. The van der Waals surface area contributed by atoms with E-state index in [1.165, 1.54) is 0 Å². The molecule has 0 fully saturated rings. The van der Waals surface area contributed by atoms with Crippen LogP contribution in [-0.4, -0.2) is 32.6 Å². The van der Waals surface area contributed by atoms with E-state index in [9.17, 15) is 9.90 Å². The van der Waals surface area contributed by atoms with Gasteiger partial charge in [-0.05, 0) is 26.7 Å². The molecular weight excluding hydrogens is 244 g/mol. The van der Waals surface area contributed by atoms with Crippen molar-refractivity contribution in [1.29, 1.82) is 0 Å². The van der Waals surface area contributed by atoms with E-state index in [0.717, 1.165) is 17.9 Å². The predicted molar refractivity (Wildman–Crippen MR) is 72.8 cm³/mol. The number of aromatic nitrogens is 3. The van der Waals surface area contributed by atoms with E-state index in [1.54, 1.807) is 4.80 Å². The Morgan fingerprint density at radius 3 is 2.37 bits per heavy atom. The molecule has 0 saturated carbocycles. The van der Waals surface area contributed by atoms with Crippen molar-refractivity contribution in [3.8, 4) is 0 Å². The van der Waals surface area contributed by atoms with Crippen LogP contribution < -0.4 is 5.32 Å². The number of carboxylic acid groups (broad SMARTS) is 1. The smallest absolute Gasteiger partial charge is 0.310 e. The summed E-state index contributed by atoms with van der Waals surface area (Å²) in [4.78, 5) is 13.0. The quantitative estimate of drug-likeness (QED) is 0.748. The summed E-state index contributed by atoms with van der Waals surface area (Å²) >= 11 is 0. The maximum atomic E-state index is 11.4. The Morgan fingerprint density at radius 1 is 1.32 bits per heavy atom. The molecule has 2 N–H and O–H groups in total. The van der Waals surface area contributed by atoms with E-state index in [0.29, 0.717) is 25.9 Å². The molecule has 1 aromatic heterocycles. The molecule has 1 rings (SSSR count). The lowest BCUT2D eigenvalue weighted by Crippen LogP contribution is -2.40. The highest BCUT2D eigenvalue weighted by atomic mass is 16.4. The van der Waals surface area contributed by atoms with Crippen LogP contribution in [0.25, 0.3) is 0 Å². The van der Waals surface area contributed by atoms with Gasteiger partial charge in [-0.1, -0.05) is 13.8 Å². The molecule has 6 nitrogen and oxygen atoms in total. The van der Waals surface area contributed by atoms with Gasteiger partial charge in [0.2, 0.25) is 0 Å². The Balaban J connectivity index is 2.61. The molecule has 0 unspecified atom stereocenters. The number of aliphatic carboxylic acids is 1. The van der Waals surface area contributed by atoms with Gasteiger partial charge in [0.1, 0.15) is 0 Å². The highest BCUT2D eigenvalue weighted by Gasteiger charge is 2.34. The fourth-order valence-corrected chi connectivity index (χ4v) is 2.07. The Labute approximate surface area is 114 Å². The van der Waals surface area contributed by atoms with Crippen LogP contribution in [-0.2, 0) is 17.9 Å². The summed E-state index contributed by atoms with van der Waals surface area (Å²) in [6.45, 7) is 9.48. The zero-order valence-corrected chi connectivity index (χ0v) is 12.2. The number of carbonyl (C=O) groups is 1. The van der Waals surface area contributed by atoms with Crippen LogP contribution >= 0.6 is 0 Å². The third kappa shape index (κ3) is 3.53. The molecule has 0 aromatic carbocycles. The lowest BCUT2D eigenvalue weighted by atomic mass is 9.82. The minimum Gasteiger partial charge on any atom is -0.481 e. The highest BCUT2D eigenvalue weighted by Crippen LogP contribution is 2.25. The highest BCUT2D eigenvalue weighted by molar-refractivity contribution is 5.74. The van der Waals surface area contributed by atoms with E-state index in [4.69, 9.17) is 0 Å². The number of hydrogen-bond donors (Lipinski definition) is 2. The number of aryl methyl sites for hydroxylation is 2. The molecule has 19 heavy (non-hydrogen) atoms. The Hall–Kier alpha value is -1.43. The van der Waals surface area contributed by atoms with Gasteiger partial charge in [0.05, 0.1) is 23.3 Å². The molecule has 1 heterocycles. The van der Waals surface area contributed by atoms with Crippen molar-refractivity contribution in [2.45, 2.75) is 53.6 Å². The summed E-state index contributed by atoms with van der Waals surface area (Å²) in [6, 6.07) is 0. The van der Waals surface area contributed by atoms with Gasteiger partial charge in [-0.25, -0.2) is 0 Å². The number of carboxylic acids is 1. The maximum Gasteiger partial charge on any atom is 0.310 e. The third-order valence-electron chi connectivity index (χ3n) is 3.77. The Bertz CT molecular complexity index is 424. The second kappa shape index (κ2) is 6.65. The molecule has 0 bridgehead atoms. The molecule has 0 radical (unpaired) electrons. The number of hydrogen-bond acceptors (Lipinski definition) is 4. The molecule has 6 heteroatoms. The summed E-state index contributed by atoms with van der Waals surface area (Å²) < 4.78 is 0. The van der Waals surface area contributed by atoms with Crippen LogP contribution in [0, 0.1) is 12.3 Å². The monoisotopic (exact) mass is 268 g/mol. The molecule has 0 atom stereocenters. The third-order valence-corrected chi connectivity index (χ3v) is 3.77. The van der Waals surface area contributed by atoms with Crippen molar-refractivity contribution >= 4 is 5.97 Å². The SMILES string of the molecule is CCn1nc(C)c(CNCC(CC)(CC)C(=O)O)n1. The minimum atomic E-state index is -0.737. The first-order valence-electron chi connectivity index (χ1n) is 6.83. The van der Waals surface area contributed by atoms with Crippen molar-refractivity contribution in [3.63, 3.8) is 0 Å². The summed E-state index contributed by atoms with van der Waals surface area (Å²) in [6.07, 6.45) is 1.24. The predicted octanol–water partition coefficient (Wildman–Crippen LogP) is 1.59. The van der Waals surface area contributed by atoms with E-state index < -0.39 is 11.4 Å². The molecule has 0 aliphatic carbocycles. The first-order chi connectivity index (χ1) is 8.99.